The number of unbranched alkanes of at least 4 members (excludes halogenated alkanes) is 1. The fraction of sp³-hybridized carbons (Fsp3) is 0.727. The average molecular weight is 254 g/mol. The van der Waals surface area contributed by atoms with E-state index >= 15 is 0 Å². The molecule has 0 amide bonds. The lowest BCUT2D eigenvalue weighted by Gasteiger charge is -2.10. The molecule has 2 N–H and O–H groups in total. The van der Waals surface area contributed by atoms with Crippen LogP contribution in [0.15, 0.2) is 0 Å². The number of anilines is 2. The van der Waals surface area contributed by atoms with E-state index in [1.165, 1.54) is 7.11 Å². The van der Waals surface area contributed by atoms with Gasteiger partial charge in [0.25, 0.3) is 0 Å². The Kier molecular flexibility index (Phi) is 6.13. The van der Waals surface area contributed by atoms with Crippen LogP contribution >= 0.6 is 0 Å². The fourth-order valence-corrected chi connectivity index (χ4v) is 1.39. The van der Waals surface area contributed by atoms with Gasteiger partial charge in [-0.3, -0.25) is 0 Å². The molecule has 0 atom stereocenters. The van der Waals surface area contributed by atoms with Gasteiger partial charge < -0.3 is 20.3 Å². The molecule has 0 aliphatic carbocycles. The summed E-state index contributed by atoms with van der Waals surface area (Å²) in [5.74, 6) is 1.04. The molecule has 1 rings (SSSR count). The Labute approximate surface area is 108 Å². The van der Waals surface area contributed by atoms with Gasteiger partial charge in [-0.15, -0.1) is 0 Å². The summed E-state index contributed by atoms with van der Waals surface area (Å²) in [5.41, 5.74) is 0. The average Bonchev–Trinajstić information content (AvgIpc) is 2.37. The third-order valence-electron chi connectivity index (χ3n) is 2.34. The van der Waals surface area contributed by atoms with Crippen molar-refractivity contribution in [1.82, 2.24) is 19.9 Å². The maximum atomic E-state index is 5.01. The lowest BCUT2D eigenvalue weighted by atomic mass is 10.3. The molecule has 7 heteroatoms. The zero-order valence-electron chi connectivity index (χ0n) is 11.5. The van der Waals surface area contributed by atoms with Crippen molar-refractivity contribution in [3.8, 4) is 6.01 Å². The number of hydrogen-bond donors (Lipinski definition) is 2. The summed E-state index contributed by atoms with van der Waals surface area (Å²) in [6.07, 6.45) is 2.21. The summed E-state index contributed by atoms with van der Waals surface area (Å²) in [5, 5.41) is 6.04. The SMILES string of the molecule is CNc1nc(NCCCCN(C)C)nc(OC)n1. The molecule has 0 fully saturated rings. The molecule has 0 bridgehead atoms. The third-order valence-corrected chi connectivity index (χ3v) is 2.34. The first kappa shape index (κ1) is 14.4. The Morgan fingerprint density at radius 2 is 1.83 bits per heavy atom. The number of hydrogen-bond acceptors (Lipinski definition) is 7. The molecule has 1 aromatic heterocycles. The van der Waals surface area contributed by atoms with Gasteiger partial charge in [-0.05, 0) is 33.5 Å². The van der Waals surface area contributed by atoms with Gasteiger partial charge in [0.05, 0.1) is 7.11 Å². The number of nitrogens with one attached hydrogen (secondary N) is 2. The Morgan fingerprint density at radius 3 is 2.44 bits per heavy atom. The normalized spacial score (nSPS) is 10.5. The first-order valence-corrected chi connectivity index (χ1v) is 6.02. The van der Waals surface area contributed by atoms with Crippen LogP contribution in [-0.2, 0) is 0 Å². The van der Waals surface area contributed by atoms with E-state index in [0.29, 0.717) is 17.9 Å². The Balaban J connectivity index is 2.41. The molecule has 0 unspecified atom stereocenters. The quantitative estimate of drug-likeness (QED) is 0.660. The van der Waals surface area contributed by atoms with E-state index in [2.05, 4.69) is 44.6 Å². The lowest BCUT2D eigenvalue weighted by Crippen LogP contribution is -2.15. The van der Waals surface area contributed by atoms with Gasteiger partial charge in [0, 0.05) is 13.6 Å². The lowest BCUT2D eigenvalue weighted by molar-refractivity contribution is 0.379. The van der Waals surface area contributed by atoms with Gasteiger partial charge >= 0.3 is 6.01 Å². The number of methoxy groups -OCH3 is 1. The Hall–Kier alpha value is -1.63. The Bertz CT molecular complexity index is 335. The summed E-state index contributed by atoms with van der Waals surface area (Å²) in [7, 11) is 7.44. The van der Waals surface area contributed by atoms with Crippen LogP contribution in [0.1, 0.15) is 12.8 Å². The highest BCUT2D eigenvalue weighted by molar-refractivity contribution is 5.35. The number of aromatic nitrogens is 3. The Morgan fingerprint density at radius 1 is 1.11 bits per heavy atom. The fourth-order valence-electron chi connectivity index (χ4n) is 1.39. The minimum absolute atomic E-state index is 0.310. The molecular weight excluding hydrogens is 232 g/mol. The summed E-state index contributed by atoms with van der Waals surface area (Å²) >= 11 is 0. The smallest absolute Gasteiger partial charge is 0.322 e. The molecule has 0 radical (unpaired) electrons. The van der Waals surface area contributed by atoms with Crippen molar-refractivity contribution >= 4 is 11.9 Å². The largest absolute Gasteiger partial charge is 0.467 e. The summed E-state index contributed by atoms with van der Waals surface area (Å²) in [6, 6.07) is 0.310. The van der Waals surface area contributed by atoms with Gasteiger partial charge in [0.15, 0.2) is 0 Å². The van der Waals surface area contributed by atoms with Crippen molar-refractivity contribution in [1.29, 1.82) is 0 Å². The minimum atomic E-state index is 0.310. The van der Waals surface area contributed by atoms with Crippen LogP contribution in [0.5, 0.6) is 6.01 Å². The molecule has 102 valence electrons. The molecular formula is C11H22N6O. The predicted molar refractivity (Wildman–Crippen MR) is 72.2 cm³/mol. The number of rotatable bonds is 8. The summed E-state index contributed by atoms with van der Waals surface area (Å²) in [6.45, 7) is 1.92. The molecule has 0 aliphatic rings. The van der Waals surface area contributed by atoms with Crippen molar-refractivity contribution in [3.63, 3.8) is 0 Å². The highest BCUT2D eigenvalue weighted by atomic mass is 16.5. The van der Waals surface area contributed by atoms with Crippen molar-refractivity contribution in [2.75, 3.05) is 52.0 Å². The molecule has 18 heavy (non-hydrogen) atoms. The number of nitrogens with zero attached hydrogens (tertiary/aromatic N) is 4. The topological polar surface area (TPSA) is 75.2 Å². The molecule has 1 heterocycles. The van der Waals surface area contributed by atoms with E-state index in [4.69, 9.17) is 4.74 Å². The monoisotopic (exact) mass is 254 g/mol. The maximum absolute atomic E-state index is 5.01. The van der Waals surface area contributed by atoms with Crippen LogP contribution in [0.25, 0.3) is 0 Å². The predicted octanol–water partition coefficient (Wildman–Crippen LogP) is 0.676. The van der Waals surface area contributed by atoms with Crippen LogP contribution in [0.3, 0.4) is 0 Å². The van der Waals surface area contributed by atoms with E-state index in [-0.39, 0.29) is 0 Å². The number of ether oxygens (including phenoxy) is 1. The summed E-state index contributed by atoms with van der Waals surface area (Å²) < 4.78 is 5.01. The first-order chi connectivity index (χ1) is 8.65. The summed E-state index contributed by atoms with van der Waals surface area (Å²) in [4.78, 5) is 14.5. The zero-order chi connectivity index (χ0) is 13.4. The molecule has 1 aromatic rings. The third kappa shape index (κ3) is 5.13. The first-order valence-electron chi connectivity index (χ1n) is 6.02. The molecule has 0 saturated carbocycles. The standard InChI is InChI=1S/C11H22N6O/c1-12-9-14-10(16-11(15-9)18-4)13-7-5-6-8-17(2)3/h5-8H2,1-4H3,(H2,12,13,14,15,16). The van der Waals surface area contributed by atoms with Gasteiger partial charge in [0.2, 0.25) is 11.9 Å². The highest BCUT2D eigenvalue weighted by Crippen LogP contribution is 2.10. The van der Waals surface area contributed by atoms with Crippen LogP contribution in [0.2, 0.25) is 0 Å². The van der Waals surface area contributed by atoms with E-state index in [9.17, 15) is 0 Å². The second kappa shape index (κ2) is 7.65. The van der Waals surface area contributed by atoms with E-state index in [1.807, 2.05) is 0 Å². The van der Waals surface area contributed by atoms with Gasteiger partial charge in [-0.1, -0.05) is 0 Å². The second-order valence-electron chi connectivity index (χ2n) is 4.16. The van der Waals surface area contributed by atoms with Crippen molar-refractivity contribution in [3.05, 3.63) is 0 Å². The molecule has 7 nitrogen and oxygen atoms in total. The second-order valence-corrected chi connectivity index (χ2v) is 4.16. The van der Waals surface area contributed by atoms with Crippen LogP contribution in [-0.4, -0.2) is 61.2 Å². The van der Waals surface area contributed by atoms with Gasteiger partial charge in [-0.25, -0.2) is 0 Å². The van der Waals surface area contributed by atoms with Crippen molar-refractivity contribution in [2.24, 2.45) is 0 Å². The van der Waals surface area contributed by atoms with E-state index in [1.54, 1.807) is 7.05 Å². The molecule has 0 saturated heterocycles. The van der Waals surface area contributed by atoms with Crippen LogP contribution in [0.4, 0.5) is 11.9 Å². The molecule has 0 aliphatic heterocycles. The zero-order valence-corrected chi connectivity index (χ0v) is 11.5. The van der Waals surface area contributed by atoms with Gasteiger partial charge in [-0.2, -0.15) is 15.0 Å². The molecule has 0 aromatic carbocycles. The van der Waals surface area contributed by atoms with Crippen molar-refractivity contribution < 1.29 is 4.74 Å². The minimum Gasteiger partial charge on any atom is -0.467 e. The van der Waals surface area contributed by atoms with Crippen LogP contribution in [0, 0.1) is 0 Å². The van der Waals surface area contributed by atoms with E-state index < -0.39 is 0 Å². The van der Waals surface area contributed by atoms with Crippen LogP contribution < -0.4 is 15.4 Å². The van der Waals surface area contributed by atoms with Crippen molar-refractivity contribution in [2.45, 2.75) is 12.8 Å². The highest BCUT2D eigenvalue weighted by Gasteiger charge is 2.04. The maximum Gasteiger partial charge on any atom is 0.322 e. The van der Waals surface area contributed by atoms with E-state index in [0.717, 1.165) is 25.9 Å². The molecule has 0 spiro atoms. The van der Waals surface area contributed by atoms with Gasteiger partial charge in [0.1, 0.15) is 0 Å².